The molecule has 7 heteroatoms. The largest absolute Gasteiger partial charge is 0.436 e. The Morgan fingerprint density at radius 3 is 2.43 bits per heavy atom. The van der Waals surface area contributed by atoms with Crippen LogP contribution < -0.4 is 5.32 Å². The Bertz CT molecular complexity index is 588. The number of nitrogens with one attached hydrogen (secondary N) is 1. The molecule has 0 aliphatic carbocycles. The molecule has 2 aromatic rings. The first-order valence-corrected chi connectivity index (χ1v) is 7.09. The number of amides is 1. The summed E-state index contributed by atoms with van der Waals surface area (Å²) in [6.07, 6.45) is 1.26. The maximum Gasteiger partial charge on any atom is 0.412 e. The predicted molar refractivity (Wildman–Crippen MR) is 83.8 cm³/mol. The fourth-order valence-corrected chi connectivity index (χ4v) is 2.14. The number of carbonyl (C=O) groups is 1. The maximum absolute atomic E-state index is 11.9. The standard InChI is InChI=1S/C14H11Cl3N2O2/c15-14(16,17)12(10-5-4-8-18-9-10)21-13(20)19-11-6-2-1-3-7-11/h1-9,12H,(H,19,20). The summed E-state index contributed by atoms with van der Waals surface area (Å²) in [5.74, 6) is 0. The van der Waals surface area contributed by atoms with Crippen molar-refractivity contribution < 1.29 is 9.53 Å². The molecule has 4 nitrogen and oxygen atoms in total. The Hall–Kier alpha value is -1.49. The molecule has 1 N–H and O–H groups in total. The Balaban J connectivity index is 2.11. The number of pyridine rings is 1. The van der Waals surface area contributed by atoms with Crippen LogP contribution in [0.25, 0.3) is 0 Å². The second-order valence-corrected chi connectivity index (χ2v) is 6.47. The molecule has 21 heavy (non-hydrogen) atoms. The number of ether oxygens (including phenoxy) is 1. The number of halogens is 3. The molecule has 0 aliphatic rings. The molecule has 1 aromatic carbocycles. The molecule has 0 saturated carbocycles. The summed E-state index contributed by atoms with van der Waals surface area (Å²) in [6.45, 7) is 0. The number of nitrogens with zero attached hydrogens (tertiary/aromatic N) is 1. The highest BCUT2D eigenvalue weighted by Gasteiger charge is 2.37. The van der Waals surface area contributed by atoms with Crippen molar-refractivity contribution in [3.05, 3.63) is 60.4 Å². The maximum atomic E-state index is 11.9. The zero-order valence-corrected chi connectivity index (χ0v) is 12.9. The van der Waals surface area contributed by atoms with E-state index in [4.69, 9.17) is 39.5 Å². The first kappa shape index (κ1) is 15.9. The molecule has 0 fully saturated rings. The van der Waals surface area contributed by atoms with Crippen LogP contribution >= 0.6 is 34.8 Å². The number of rotatable bonds is 3. The highest BCUT2D eigenvalue weighted by atomic mass is 35.6. The molecule has 0 radical (unpaired) electrons. The van der Waals surface area contributed by atoms with E-state index in [0.717, 1.165) is 0 Å². The van der Waals surface area contributed by atoms with E-state index < -0.39 is 16.0 Å². The first-order chi connectivity index (χ1) is 9.97. The third-order valence-corrected chi connectivity index (χ3v) is 3.12. The van der Waals surface area contributed by atoms with Crippen LogP contribution in [0.5, 0.6) is 0 Å². The quantitative estimate of drug-likeness (QED) is 0.817. The minimum Gasteiger partial charge on any atom is -0.436 e. The summed E-state index contributed by atoms with van der Waals surface area (Å²) in [4.78, 5) is 15.8. The summed E-state index contributed by atoms with van der Waals surface area (Å²) in [5.41, 5.74) is 1.07. The molecule has 110 valence electrons. The molecule has 1 aromatic heterocycles. The number of alkyl halides is 3. The molecule has 0 aliphatic heterocycles. The molecule has 1 amide bonds. The van der Waals surface area contributed by atoms with E-state index in [2.05, 4.69) is 10.3 Å². The summed E-state index contributed by atoms with van der Waals surface area (Å²) < 4.78 is 3.41. The van der Waals surface area contributed by atoms with Crippen molar-refractivity contribution >= 4 is 46.6 Å². The van der Waals surface area contributed by atoms with Gasteiger partial charge in [-0.05, 0) is 18.2 Å². The van der Waals surface area contributed by atoms with Gasteiger partial charge in [-0.25, -0.2) is 4.79 Å². The molecule has 1 atom stereocenters. The van der Waals surface area contributed by atoms with Gasteiger partial charge in [-0.1, -0.05) is 59.1 Å². The number of carbonyl (C=O) groups excluding carboxylic acids is 1. The minimum atomic E-state index is -1.81. The highest BCUT2D eigenvalue weighted by molar-refractivity contribution is 6.68. The van der Waals surface area contributed by atoms with E-state index in [1.54, 1.807) is 42.6 Å². The van der Waals surface area contributed by atoms with E-state index in [0.29, 0.717) is 11.3 Å². The van der Waals surface area contributed by atoms with Crippen LogP contribution in [0.4, 0.5) is 10.5 Å². The number of aromatic nitrogens is 1. The van der Waals surface area contributed by atoms with E-state index in [9.17, 15) is 4.79 Å². The summed E-state index contributed by atoms with van der Waals surface area (Å²) in [7, 11) is 0. The van der Waals surface area contributed by atoms with Gasteiger partial charge in [-0.2, -0.15) is 0 Å². The Morgan fingerprint density at radius 1 is 1.14 bits per heavy atom. The highest BCUT2D eigenvalue weighted by Crippen LogP contribution is 2.42. The lowest BCUT2D eigenvalue weighted by Crippen LogP contribution is -2.26. The Morgan fingerprint density at radius 2 is 1.86 bits per heavy atom. The zero-order valence-electron chi connectivity index (χ0n) is 10.7. The van der Waals surface area contributed by atoms with Crippen molar-refractivity contribution in [2.24, 2.45) is 0 Å². The lowest BCUT2D eigenvalue weighted by molar-refractivity contribution is 0.112. The molecular formula is C14H11Cl3N2O2. The molecule has 0 spiro atoms. The first-order valence-electron chi connectivity index (χ1n) is 5.96. The Labute approximate surface area is 137 Å². The van der Waals surface area contributed by atoms with Crippen molar-refractivity contribution in [2.75, 3.05) is 5.32 Å². The van der Waals surface area contributed by atoms with Crippen molar-refractivity contribution in [3.63, 3.8) is 0 Å². The van der Waals surface area contributed by atoms with Crippen molar-refractivity contribution in [1.82, 2.24) is 4.98 Å². The van der Waals surface area contributed by atoms with Crippen molar-refractivity contribution in [1.29, 1.82) is 0 Å². The fraction of sp³-hybridized carbons (Fsp3) is 0.143. The molecule has 0 saturated heterocycles. The van der Waals surface area contributed by atoms with Gasteiger partial charge in [0.25, 0.3) is 0 Å². The number of benzene rings is 1. The van der Waals surface area contributed by atoms with E-state index in [1.165, 1.54) is 6.20 Å². The third kappa shape index (κ3) is 4.77. The van der Waals surface area contributed by atoms with Gasteiger partial charge in [-0.15, -0.1) is 0 Å². The van der Waals surface area contributed by atoms with Crippen molar-refractivity contribution in [3.8, 4) is 0 Å². The van der Waals surface area contributed by atoms with Crippen LogP contribution in [0.2, 0.25) is 0 Å². The van der Waals surface area contributed by atoms with Gasteiger partial charge in [-0.3, -0.25) is 10.3 Å². The summed E-state index contributed by atoms with van der Waals surface area (Å²) in [6, 6.07) is 12.2. The number of para-hydroxylation sites is 1. The summed E-state index contributed by atoms with van der Waals surface area (Å²) >= 11 is 17.6. The van der Waals surface area contributed by atoms with Gasteiger partial charge in [0.15, 0.2) is 6.10 Å². The lowest BCUT2D eigenvalue weighted by atomic mass is 10.2. The van der Waals surface area contributed by atoms with E-state index in [-0.39, 0.29) is 0 Å². The fourth-order valence-electron chi connectivity index (χ4n) is 1.63. The van der Waals surface area contributed by atoms with Gasteiger partial charge in [0.2, 0.25) is 3.79 Å². The van der Waals surface area contributed by atoms with Gasteiger partial charge < -0.3 is 4.74 Å². The van der Waals surface area contributed by atoms with Crippen molar-refractivity contribution in [2.45, 2.75) is 9.90 Å². The molecule has 2 rings (SSSR count). The Kier molecular flexibility index (Phi) is 5.28. The monoisotopic (exact) mass is 344 g/mol. The van der Waals surface area contributed by atoms with Crippen LogP contribution in [0.1, 0.15) is 11.7 Å². The minimum absolute atomic E-state index is 0.487. The van der Waals surface area contributed by atoms with Gasteiger partial charge in [0, 0.05) is 23.6 Å². The van der Waals surface area contributed by atoms with Gasteiger partial charge in [0.1, 0.15) is 0 Å². The van der Waals surface area contributed by atoms with E-state index >= 15 is 0 Å². The zero-order chi connectivity index (χ0) is 15.3. The van der Waals surface area contributed by atoms with Gasteiger partial charge in [0.05, 0.1) is 0 Å². The number of hydrogen-bond acceptors (Lipinski definition) is 3. The number of anilines is 1. The molecule has 0 bridgehead atoms. The summed E-state index contributed by atoms with van der Waals surface area (Å²) in [5, 5.41) is 2.56. The molecule has 1 heterocycles. The smallest absolute Gasteiger partial charge is 0.412 e. The average molecular weight is 346 g/mol. The SMILES string of the molecule is O=C(Nc1ccccc1)OC(c1cccnc1)C(Cl)(Cl)Cl. The van der Waals surface area contributed by atoms with E-state index in [1.807, 2.05) is 6.07 Å². The second kappa shape index (κ2) is 6.98. The average Bonchev–Trinajstić information content (AvgIpc) is 2.45. The van der Waals surface area contributed by atoms with Crippen LogP contribution in [0.3, 0.4) is 0 Å². The third-order valence-electron chi connectivity index (χ3n) is 2.53. The molecule has 1 unspecified atom stereocenters. The molecular weight excluding hydrogens is 335 g/mol. The normalized spacial score (nSPS) is 12.5. The van der Waals surface area contributed by atoms with Crippen LogP contribution in [-0.4, -0.2) is 14.9 Å². The second-order valence-electron chi connectivity index (χ2n) is 4.10. The lowest BCUT2D eigenvalue weighted by Gasteiger charge is -2.24. The van der Waals surface area contributed by atoms with Crippen LogP contribution in [-0.2, 0) is 4.74 Å². The van der Waals surface area contributed by atoms with Gasteiger partial charge >= 0.3 is 6.09 Å². The topological polar surface area (TPSA) is 51.2 Å². The van der Waals surface area contributed by atoms with Crippen LogP contribution in [0.15, 0.2) is 54.9 Å². The van der Waals surface area contributed by atoms with Crippen LogP contribution in [0, 0.1) is 0 Å². The number of hydrogen-bond donors (Lipinski definition) is 1. The predicted octanol–water partition coefficient (Wildman–Crippen LogP) is 4.74.